The molecule has 0 aliphatic carbocycles. The number of aromatic nitrogens is 4. The van der Waals surface area contributed by atoms with E-state index in [1.165, 1.54) is 12.5 Å². The molecule has 0 saturated carbocycles. The van der Waals surface area contributed by atoms with Crippen molar-refractivity contribution in [3.05, 3.63) is 41.7 Å². The quantitative estimate of drug-likeness (QED) is 0.822. The van der Waals surface area contributed by atoms with Crippen molar-refractivity contribution in [2.24, 2.45) is 0 Å². The van der Waals surface area contributed by atoms with Crippen LogP contribution in [0.25, 0.3) is 0 Å². The average Bonchev–Trinajstić information content (AvgIpc) is 2.46. The monoisotopic (exact) mass is 273 g/mol. The molecule has 2 aromatic rings. The maximum Gasteiger partial charge on any atom is 0.341 e. The molecule has 0 unspecified atom stereocenters. The van der Waals surface area contributed by atoms with Gasteiger partial charge in [-0.3, -0.25) is 0 Å². The Morgan fingerprint density at radius 2 is 2.25 bits per heavy atom. The molecule has 7 heteroatoms. The van der Waals surface area contributed by atoms with Crippen LogP contribution in [0.2, 0.25) is 0 Å². The third-order valence-corrected chi connectivity index (χ3v) is 2.55. The predicted molar refractivity (Wildman–Crippen MR) is 72.1 cm³/mol. The summed E-state index contributed by atoms with van der Waals surface area (Å²) in [6.45, 7) is 4.31. The summed E-state index contributed by atoms with van der Waals surface area (Å²) in [5.41, 5.74) is 1.78. The Hall–Kier alpha value is -2.57. The van der Waals surface area contributed by atoms with E-state index in [4.69, 9.17) is 4.74 Å². The molecule has 0 aliphatic rings. The number of carbonyl (C=O) groups excluding carboxylic acids is 1. The van der Waals surface area contributed by atoms with Gasteiger partial charge in [0, 0.05) is 12.4 Å². The van der Waals surface area contributed by atoms with Crippen molar-refractivity contribution in [1.29, 1.82) is 0 Å². The summed E-state index contributed by atoms with van der Waals surface area (Å²) < 4.78 is 4.92. The number of carbonyl (C=O) groups is 1. The highest BCUT2D eigenvalue weighted by atomic mass is 16.5. The van der Waals surface area contributed by atoms with Crippen molar-refractivity contribution < 1.29 is 9.53 Å². The Morgan fingerprint density at radius 3 is 2.90 bits per heavy atom. The van der Waals surface area contributed by atoms with E-state index in [1.807, 2.05) is 0 Å². The lowest BCUT2D eigenvalue weighted by atomic mass is 10.2. The number of hydrogen-bond donors (Lipinski definition) is 1. The van der Waals surface area contributed by atoms with Gasteiger partial charge in [0.05, 0.1) is 30.1 Å². The van der Waals surface area contributed by atoms with Crippen LogP contribution in [0, 0.1) is 6.92 Å². The Bertz CT molecular complexity index is 589. The number of aryl methyl sites for hydroxylation is 1. The zero-order valence-electron chi connectivity index (χ0n) is 11.3. The van der Waals surface area contributed by atoms with Crippen LogP contribution in [0.5, 0.6) is 0 Å². The van der Waals surface area contributed by atoms with E-state index < -0.39 is 5.97 Å². The van der Waals surface area contributed by atoms with Crippen molar-refractivity contribution >= 4 is 11.9 Å². The lowest BCUT2D eigenvalue weighted by molar-refractivity contribution is 0.0524. The lowest BCUT2D eigenvalue weighted by Gasteiger charge is -2.07. The normalized spacial score (nSPS) is 10.1. The fourth-order valence-electron chi connectivity index (χ4n) is 1.55. The molecule has 7 nitrogen and oxygen atoms in total. The van der Waals surface area contributed by atoms with Crippen LogP contribution in [0.3, 0.4) is 0 Å². The van der Waals surface area contributed by atoms with Gasteiger partial charge in [-0.25, -0.2) is 24.7 Å². The van der Waals surface area contributed by atoms with Crippen molar-refractivity contribution in [2.75, 3.05) is 11.9 Å². The molecule has 0 saturated heterocycles. The molecule has 2 rings (SSSR count). The molecule has 104 valence electrons. The molecular formula is C13H15N5O2. The highest BCUT2D eigenvalue weighted by molar-refractivity contribution is 5.90. The summed E-state index contributed by atoms with van der Waals surface area (Å²) in [5.74, 6) is 0.0292. The summed E-state index contributed by atoms with van der Waals surface area (Å²) in [4.78, 5) is 27.9. The number of nitrogens with zero attached hydrogens (tertiary/aromatic N) is 4. The highest BCUT2D eigenvalue weighted by Gasteiger charge is 2.12. The van der Waals surface area contributed by atoms with Gasteiger partial charge in [0.2, 0.25) is 5.95 Å². The molecule has 0 aromatic carbocycles. The summed E-state index contributed by atoms with van der Waals surface area (Å²) >= 11 is 0. The van der Waals surface area contributed by atoms with E-state index in [-0.39, 0.29) is 0 Å². The van der Waals surface area contributed by atoms with Crippen molar-refractivity contribution in [2.45, 2.75) is 20.4 Å². The first kappa shape index (κ1) is 13.9. The first-order chi connectivity index (χ1) is 9.70. The highest BCUT2D eigenvalue weighted by Crippen LogP contribution is 2.09. The van der Waals surface area contributed by atoms with Crippen LogP contribution in [0.4, 0.5) is 5.95 Å². The molecular weight excluding hydrogens is 258 g/mol. The van der Waals surface area contributed by atoms with E-state index in [0.717, 1.165) is 5.69 Å². The molecule has 2 heterocycles. The van der Waals surface area contributed by atoms with Crippen LogP contribution in [0.1, 0.15) is 28.7 Å². The van der Waals surface area contributed by atoms with Gasteiger partial charge in [0.15, 0.2) is 0 Å². The second-order valence-electron chi connectivity index (χ2n) is 3.97. The van der Waals surface area contributed by atoms with E-state index in [0.29, 0.717) is 30.4 Å². The third kappa shape index (κ3) is 3.47. The predicted octanol–water partition coefficient (Wildman–Crippen LogP) is 1.36. The molecule has 0 radical (unpaired) electrons. The van der Waals surface area contributed by atoms with Gasteiger partial charge in [-0.05, 0) is 19.9 Å². The first-order valence-corrected chi connectivity index (χ1v) is 6.20. The van der Waals surface area contributed by atoms with Crippen molar-refractivity contribution in [1.82, 2.24) is 19.9 Å². The van der Waals surface area contributed by atoms with Gasteiger partial charge < -0.3 is 10.1 Å². The smallest absolute Gasteiger partial charge is 0.341 e. The fraction of sp³-hybridized carbons (Fsp3) is 0.308. The third-order valence-electron chi connectivity index (χ3n) is 2.55. The maximum atomic E-state index is 11.6. The summed E-state index contributed by atoms with van der Waals surface area (Å²) in [6, 6.07) is 1.80. The minimum Gasteiger partial charge on any atom is -0.462 e. The van der Waals surface area contributed by atoms with Gasteiger partial charge in [-0.2, -0.15) is 0 Å². The SMILES string of the molecule is CCOC(=O)c1cnc(NCc2ccncn2)nc1C. The summed E-state index contributed by atoms with van der Waals surface area (Å²) in [7, 11) is 0. The second-order valence-corrected chi connectivity index (χ2v) is 3.97. The number of esters is 1. The van der Waals surface area contributed by atoms with Crippen LogP contribution in [0.15, 0.2) is 24.8 Å². The zero-order chi connectivity index (χ0) is 14.4. The van der Waals surface area contributed by atoms with Crippen LogP contribution in [-0.4, -0.2) is 32.5 Å². The average molecular weight is 273 g/mol. The number of anilines is 1. The number of hydrogen-bond acceptors (Lipinski definition) is 7. The first-order valence-electron chi connectivity index (χ1n) is 6.20. The van der Waals surface area contributed by atoms with Crippen LogP contribution in [-0.2, 0) is 11.3 Å². The number of ether oxygens (including phenoxy) is 1. The molecule has 0 aliphatic heterocycles. The molecule has 0 atom stereocenters. The Labute approximate surface area is 116 Å². The van der Waals surface area contributed by atoms with E-state index in [9.17, 15) is 4.79 Å². The Morgan fingerprint density at radius 1 is 1.40 bits per heavy atom. The van der Waals surface area contributed by atoms with Crippen molar-refractivity contribution in [3.8, 4) is 0 Å². The molecule has 0 fully saturated rings. The molecule has 0 amide bonds. The maximum absolute atomic E-state index is 11.6. The molecule has 0 bridgehead atoms. The topological polar surface area (TPSA) is 89.9 Å². The Kier molecular flexibility index (Phi) is 4.54. The molecule has 0 spiro atoms. The van der Waals surface area contributed by atoms with Gasteiger partial charge in [-0.15, -0.1) is 0 Å². The van der Waals surface area contributed by atoms with Gasteiger partial charge >= 0.3 is 5.97 Å². The number of nitrogens with one attached hydrogen (secondary N) is 1. The van der Waals surface area contributed by atoms with Crippen LogP contribution < -0.4 is 5.32 Å². The van der Waals surface area contributed by atoms with Gasteiger partial charge in [0.25, 0.3) is 0 Å². The second kappa shape index (κ2) is 6.55. The molecule has 20 heavy (non-hydrogen) atoms. The standard InChI is InChI=1S/C13H15N5O2/c1-3-20-12(19)11-7-16-13(18-9(11)2)15-6-10-4-5-14-8-17-10/h4-5,7-8H,3,6H2,1-2H3,(H,15,16,18). The molecule has 1 N–H and O–H groups in total. The van der Waals surface area contributed by atoms with E-state index in [2.05, 4.69) is 25.3 Å². The van der Waals surface area contributed by atoms with Crippen molar-refractivity contribution in [3.63, 3.8) is 0 Å². The zero-order valence-corrected chi connectivity index (χ0v) is 11.3. The minimum atomic E-state index is -0.410. The van der Waals surface area contributed by atoms with Gasteiger partial charge in [-0.1, -0.05) is 0 Å². The van der Waals surface area contributed by atoms with Gasteiger partial charge in [0.1, 0.15) is 6.33 Å². The minimum absolute atomic E-state index is 0.325. The largest absolute Gasteiger partial charge is 0.462 e. The molecule has 2 aromatic heterocycles. The summed E-state index contributed by atoms with van der Waals surface area (Å²) in [6.07, 6.45) is 4.61. The lowest BCUT2D eigenvalue weighted by Crippen LogP contribution is -2.11. The Balaban J connectivity index is 2.04. The summed E-state index contributed by atoms with van der Waals surface area (Å²) in [5, 5.41) is 3.04. The fourth-order valence-corrected chi connectivity index (χ4v) is 1.55. The van der Waals surface area contributed by atoms with E-state index >= 15 is 0 Å². The van der Waals surface area contributed by atoms with E-state index in [1.54, 1.807) is 26.1 Å². The van der Waals surface area contributed by atoms with Crippen LogP contribution >= 0.6 is 0 Å². The number of rotatable bonds is 5.